The van der Waals surface area contributed by atoms with E-state index in [-0.39, 0.29) is 18.2 Å². The molecule has 3 rings (SSSR count). The number of H-pyrrole nitrogens is 1. The maximum Gasteiger partial charge on any atom is 0.337 e. The second-order valence-corrected chi connectivity index (χ2v) is 6.33. The van der Waals surface area contributed by atoms with Crippen molar-refractivity contribution in [2.75, 3.05) is 13.7 Å². The van der Waals surface area contributed by atoms with Crippen LogP contribution in [0.3, 0.4) is 0 Å². The molecule has 8 nitrogen and oxygen atoms in total. The molecular formula is C18H14BrN3O5. The van der Waals surface area contributed by atoms with Crippen molar-refractivity contribution in [3.05, 3.63) is 52.5 Å². The van der Waals surface area contributed by atoms with Gasteiger partial charge in [-0.1, -0.05) is 22.0 Å². The zero-order chi connectivity index (χ0) is 19.4. The summed E-state index contributed by atoms with van der Waals surface area (Å²) in [6.07, 6.45) is 0. The molecule has 0 radical (unpaired) electrons. The summed E-state index contributed by atoms with van der Waals surface area (Å²) < 4.78 is 10.7. The lowest BCUT2D eigenvalue weighted by atomic mass is 10.2. The lowest BCUT2D eigenvalue weighted by Crippen LogP contribution is -2.08. The molecular weight excluding hydrogens is 418 g/mol. The fourth-order valence-electron chi connectivity index (χ4n) is 2.35. The number of benzene rings is 2. The number of aromatic hydroxyl groups is 1. The summed E-state index contributed by atoms with van der Waals surface area (Å²) >= 11 is 3.34. The van der Waals surface area contributed by atoms with Gasteiger partial charge in [-0.05, 0) is 36.4 Å². The molecule has 0 aliphatic heterocycles. The fourth-order valence-corrected chi connectivity index (χ4v) is 2.71. The molecule has 0 saturated heterocycles. The Labute approximate surface area is 161 Å². The first-order valence-electron chi connectivity index (χ1n) is 7.74. The first-order valence-corrected chi connectivity index (χ1v) is 8.53. The van der Waals surface area contributed by atoms with Crippen molar-refractivity contribution in [1.29, 1.82) is 0 Å². The number of carbonyl (C=O) groups excluding carboxylic acids is 2. The Hall–Kier alpha value is -3.20. The van der Waals surface area contributed by atoms with Crippen LogP contribution in [0, 0.1) is 0 Å². The first kappa shape index (κ1) is 18.6. The average Bonchev–Trinajstić information content (AvgIpc) is 2.98. The SMILES string of the molecule is COC(=O)c1cccc(OCC(=O)N=Nc2c(O)[nH]c3ccc(Br)cc23)c1. The normalized spacial score (nSPS) is 11.0. The Bertz CT molecular complexity index is 1040. The summed E-state index contributed by atoms with van der Waals surface area (Å²) in [4.78, 5) is 26.2. The van der Waals surface area contributed by atoms with Gasteiger partial charge in [0.15, 0.2) is 12.3 Å². The minimum atomic E-state index is -0.651. The van der Waals surface area contributed by atoms with Gasteiger partial charge < -0.3 is 19.6 Å². The van der Waals surface area contributed by atoms with Gasteiger partial charge in [0.1, 0.15) is 5.75 Å². The van der Waals surface area contributed by atoms with Crippen molar-refractivity contribution in [3.63, 3.8) is 0 Å². The molecule has 3 aromatic rings. The highest BCUT2D eigenvalue weighted by atomic mass is 79.9. The van der Waals surface area contributed by atoms with Gasteiger partial charge in [0.25, 0.3) is 0 Å². The van der Waals surface area contributed by atoms with E-state index in [0.717, 1.165) is 4.47 Å². The molecule has 0 atom stereocenters. The summed E-state index contributed by atoms with van der Waals surface area (Å²) in [6, 6.07) is 11.5. The highest BCUT2D eigenvalue weighted by Gasteiger charge is 2.12. The number of esters is 1. The number of aromatic nitrogens is 1. The van der Waals surface area contributed by atoms with E-state index in [1.807, 2.05) is 0 Å². The number of amides is 1. The summed E-state index contributed by atoms with van der Waals surface area (Å²) in [5.41, 5.74) is 1.12. The van der Waals surface area contributed by atoms with E-state index < -0.39 is 11.9 Å². The maximum atomic E-state index is 11.9. The number of aromatic amines is 1. The van der Waals surface area contributed by atoms with Gasteiger partial charge in [-0.25, -0.2) is 4.79 Å². The number of nitrogens with zero attached hydrogens (tertiary/aromatic N) is 2. The summed E-state index contributed by atoms with van der Waals surface area (Å²) in [5.74, 6) is -1.03. The molecule has 27 heavy (non-hydrogen) atoms. The number of hydrogen-bond acceptors (Lipinski definition) is 6. The van der Waals surface area contributed by atoms with E-state index in [1.165, 1.54) is 13.2 Å². The smallest absolute Gasteiger partial charge is 0.337 e. The van der Waals surface area contributed by atoms with Crippen molar-refractivity contribution in [2.24, 2.45) is 10.2 Å². The van der Waals surface area contributed by atoms with Crippen molar-refractivity contribution >= 4 is 44.4 Å². The molecule has 2 N–H and O–H groups in total. The molecule has 9 heteroatoms. The van der Waals surface area contributed by atoms with Crippen molar-refractivity contribution in [1.82, 2.24) is 4.98 Å². The first-order chi connectivity index (χ1) is 13.0. The number of rotatable bonds is 5. The Morgan fingerprint density at radius 3 is 2.81 bits per heavy atom. The van der Waals surface area contributed by atoms with Crippen LogP contribution >= 0.6 is 15.9 Å². The third kappa shape index (κ3) is 4.32. The van der Waals surface area contributed by atoms with Gasteiger partial charge in [-0.2, -0.15) is 0 Å². The van der Waals surface area contributed by atoms with E-state index in [9.17, 15) is 14.7 Å². The zero-order valence-electron chi connectivity index (χ0n) is 14.1. The third-order valence-corrected chi connectivity index (χ3v) is 4.09. The molecule has 0 spiro atoms. The number of hydrogen-bond donors (Lipinski definition) is 2. The number of nitrogens with one attached hydrogen (secondary N) is 1. The van der Waals surface area contributed by atoms with Crippen LogP contribution in [-0.4, -0.2) is 35.7 Å². The topological polar surface area (TPSA) is 113 Å². The molecule has 0 fully saturated rings. The van der Waals surface area contributed by atoms with E-state index >= 15 is 0 Å². The molecule has 138 valence electrons. The average molecular weight is 432 g/mol. The Kier molecular flexibility index (Phi) is 5.51. The second-order valence-electron chi connectivity index (χ2n) is 5.41. The standard InChI is InChI=1S/C18H14BrN3O5/c1-26-18(25)10-3-2-4-12(7-10)27-9-15(23)21-22-16-13-8-11(19)5-6-14(13)20-17(16)24/h2-8,20,24H,9H2,1H3. The monoisotopic (exact) mass is 431 g/mol. The number of methoxy groups -OCH3 is 1. The summed E-state index contributed by atoms with van der Waals surface area (Å²) in [5, 5.41) is 18.0. The summed E-state index contributed by atoms with van der Waals surface area (Å²) in [7, 11) is 1.28. The van der Waals surface area contributed by atoms with E-state index in [1.54, 1.807) is 36.4 Å². The van der Waals surface area contributed by atoms with Gasteiger partial charge in [0.2, 0.25) is 5.88 Å². The lowest BCUT2D eigenvalue weighted by molar-refractivity contribution is -0.120. The highest BCUT2D eigenvalue weighted by molar-refractivity contribution is 9.10. The van der Waals surface area contributed by atoms with Gasteiger partial charge in [0, 0.05) is 9.86 Å². The van der Waals surface area contributed by atoms with Crippen LogP contribution in [0.4, 0.5) is 5.69 Å². The van der Waals surface area contributed by atoms with Crippen LogP contribution in [0.2, 0.25) is 0 Å². The molecule has 0 aliphatic carbocycles. The number of fused-ring (bicyclic) bond motifs is 1. The molecule has 0 unspecified atom stereocenters. The highest BCUT2D eigenvalue weighted by Crippen LogP contribution is 2.36. The summed E-state index contributed by atoms with van der Waals surface area (Å²) in [6.45, 7) is -0.374. The number of azo groups is 1. The third-order valence-electron chi connectivity index (χ3n) is 3.59. The molecule has 1 amide bonds. The molecule has 1 aromatic heterocycles. The van der Waals surface area contributed by atoms with Crippen molar-refractivity contribution in [3.8, 4) is 11.6 Å². The van der Waals surface area contributed by atoms with Crippen LogP contribution < -0.4 is 4.74 Å². The van der Waals surface area contributed by atoms with E-state index in [4.69, 9.17) is 4.74 Å². The number of ether oxygens (including phenoxy) is 2. The molecule has 0 aliphatic rings. The van der Waals surface area contributed by atoms with Crippen LogP contribution in [-0.2, 0) is 9.53 Å². The largest absolute Gasteiger partial charge is 0.493 e. The van der Waals surface area contributed by atoms with Crippen LogP contribution in [0.25, 0.3) is 10.9 Å². The molecule has 0 saturated carbocycles. The van der Waals surface area contributed by atoms with Gasteiger partial charge in [-0.15, -0.1) is 10.2 Å². The molecule has 0 bridgehead atoms. The van der Waals surface area contributed by atoms with Gasteiger partial charge in [0.05, 0.1) is 18.2 Å². The molecule has 2 aromatic carbocycles. The van der Waals surface area contributed by atoms with Gasteiger partial charge in [-0.3, -0.25) is 4.79 Å². The predicted octanol–water partition coefficient (Wildman–Crippen LogP) is 4.11. The quantitative estimate of drug-likeness (QED) is 0.465. The minimum absolute atomic E-state index is 0.160. The fraction of sp³-hybridized carbons (Fsp3) is 0.111. The van der Waals surface area contributed by atoms with E-state index in [0.29, 0.717) is 22.2 Å². The lowest BCUT2D eigenvalue weighted by Gasteiger charge is -2.05. The van der Waals surface area contributed by atoms with Crippen molar-refractivity contribution < 1.29 is 24.2 Å². The van der Waals surface area contributed by atoms with Crippen LogP contribution in [0.15, 0.2) is 57.2 Å². The minimum Gasteiger partial charge on any atom is -0.493 e. The van der Waals surface area contributed by atoms with Crippen molar-refractivity contribution in [2.45, 2.75) is 0 Å². The van der Waals surface area contributed by atoms with Gasteiger partial charge >= 0.3 is 11.9 Å². The second kappa shape index (κ2) is 8.00. The predicted molar refractivity (Wildman–Crippen MR) is 100 cm³/mol. The van der Waals surface area contributed by atoms with E-state index in [2.05, 4.69) is 35.9 Å². The Morgan fingerprint density at radius 1 is 1.22 bits per heavy atom. The van der Waals surface area contributed by atoms with Crippen LogP contribution in [0.5, 0.6) is 11.6 Å². The Morgan fingerprint density at radius 2 is 2.04 bits per heavy atom. The number of carbonyl (C=O) groups is 2. The van der Waals surface area contributed by atoms with Crippen LogP contribution in [0.1, 0.15) is 10.4 Å². The zero-order valence-corrected chi connectivity index (χ0v) is 15.7. The Balaban J connectivity index is 1.69. The molecule has 1 heterocycles. The maximum absolute atomic E-state index is 11.9. The number of halogens is 1.